The van der Waals surface area contributed by atoms with Crippen LogP contribution in [-0.4, -0.2) is 141 Å². The van der Waals surface area contributed by atoms with Gasteiger partial charge in [0.05, 0.1) is 54.5 Å². The van der Waals surface area contributed by atoms with E-state index < -0.39 is 83.9 Å². The second-order valence-corrected chi connectivity index (χ2v) is 29.9. The predicted octanol–water partition coefficient (Wildman–Crippen LogP) is 9.24. The highest BCUT2D eigenvalue weighted by Crippen LogP contribution is 2.42. The molecule has 8 N–H and O–H groups in total. The molecule has 104 heavy (non-hydrogen) atoms. The molecule has 9 amide bonds. The minimum absolute atomic E-state index is 0.00250. The van der Waals surface area contributed by atoms with Gasteiger partial charge in [-0.15, -0.1) is 0 Å². The first-order chi connectivity index (χ1) is 49.6. The predicted molar refractivity (Wildman–Crippen MR) is 400 cm³/mol. The maximum absolute atomic E-state index is 14.5. The summed E-state index contributed by atoms with van der Waals surface area (Å²) in [5.41, 5.74) is 11.7. The summed E-state index contributed by atoms with van der Waals surface area (Å²) in [6.45, 7) is 13.9. The number of anilines is 4. The van der Waals surface area contributed by atoms with Gasteiger partial charge < -0.3 is 70.9 Å². The molecule has 4 atom stereocenters. The Hall–Kier alpha value is -9.83. The lowest BCUT2D eigenvalue weighted by molar-refractivity contribution is -0.133. The van der Waals surface area contributed by atoms with Crippen molar-refractivity contribution in [2.75, 3.05) is 52.6 Å². The number of ether oxygens (including phenoxy) is 1. The standard InChI is InChI=1S/C40H47FN6O6S.C35H39FN6O4S.C2H6O/c1-39(2,3)53-38(52)44-40(4,5)37(51)43-29(21-27-23-45(18-16-41)31-12-7-6-11-28(27)31)35(49)42-30-20-26-10-8-13-32(46-17-9-14-33(46)48)34(26)47(36(30)50)22-25-15-19-54-24-25;1-35(2,37)34(46)39-26(18-24-20-40(15-13-36)28-9-4-3-8-25(24)28)32(44)38-27-17-23-7-5-10-29(41-14-6-11-30(41)43)31(23)42(33(27)45)19-22-12-16-47-21-22;1-2-3/h6-8,10-13,15,19,23-24,29-30H,9,14,16-18,20-22H2,1-5H3,(H,42,49)(H,43,51)(H,44,52);3-5,7-10,12,16,20-21,26-27H,6,11,13-15,17-19,37H2,1-2H3,(H,38,44)(H,39,46);3H,2H2,1H3/t29-,30?;26-,27?;/m11./s1. The van der Waals surface area contributed by atoms with E-state index in [1.807, 2.05) is 119 Å². The summed E-state index contributed by atoms with van der Waals surface area (Å²) in [6.07, 6.45) is 5.63. The molecule has 2 unspecified atom stereocenters. The quantitative estimate of drug-likeness (QED) is 0.0315. The fourth-order valence-corrected chi connectivity index (χ4v) is 14.8. The molecule has 552 valence electrons. The number of amides is 9. The van der Waals surface area contributed by atoms with Gasteiger partial charge in [-0.25, -0.2) is 13.6 Å². The summed E-state index contributed by atoms with van der Waals surface area (Å²) >= 11 is 3.03. The number of aliphatic hydroxyl groups excluding tert-OH is 1. The Kier molecular flexibility index (Phi) is 24.6. The van der Waals surface area contributed by atoms with Crippen molar-refractivity contribution < 1.29 is 61.8 Å². The number of nitrogens with two attached hydrogens (primary N) is 1. The fraction of sp³-hybridized carbons (Fsp3) is 0.416. The molecule has 2 fully saturated rings. The first kappa shape index (κ1) is 76.8. The topological polar surface area (TPSA) is 292 Å². The van der Waals surface area contributed by atoms with Crippen LogP contribution in [0.3, 0.4) is 0 Å². The van der Waals surface area contributed by atoms with Crippen molar-refractivity contribution >= 4 is 121 Å². The summed E-state index contributed by atoms with van der Waals surface area (Å²) in [5.74, 6) is -2.96. The van der Waals surface area contributed by atoms with Crippen molar-refractivity contribution in [1.29, 1.82) is 0 Å². The molecule has 0 saturated carbocycles. The average Bonchev–Trinajstić information content (AvgIpc) is 0.936. The van der Waals surface area contributed by atoms with Crippen molar-refractivity contribution in [1.82, 2.24) is 35.7 Å². The molecule has 2 saturated heterocycles. The van der Waals surface area contributed by atoms with E-state index in [1.54, 1.807) is 82.7 Å². The number of hydrogen-bond donors (Lipinski definition) is 7. The van der Waals surface area contributed by atoms with Crippen LogP contribution in [0.15, 0.2) is 131 Å². The van der Waals surface area contributed by atoms with E-state index in [4.69, 9.17) is 15.6 Å². The lowest BCUT2D eigenvalue weighted by Crippen LogP contribution is -2.61. The van der Waals surface area contributed by atoms with Crippen molar-refractivity contribution in [3.8, 4) is 0 Å². The lowest BCUT2D eigenvalue weighted by atomic mass is 9.94. The zero-order chi connectivity index (χ0) is 74.8. The van der Waals surface area contributed by atoms with Crippen LogP contribution in [0.1, 0.15) is 114 Å². The molecule has 4 aromatic heterocycles. The van der Waals surface area contributed by atoms with Crippen LogP contribution in [0, 0.1) is 0 Å². The van der Waals surface area contributed by atoms with Gasteiger partial charge in [-0.2, -0.15) is 22.7 Å². The SMILES string of the molecule is CC(C)(C)OC(=O)NC(C)(C)C(=O)N[C@H](Cc1cn(CCF)c2ccccc12)C(=O)NC1Cc2cccc(N3CCCC3=O)c2N(Cc2ccsc2)C1=O.CC(C)(N)C(=O)N[C@H](Cc1cn(CCF)c2ccccc12)C(=O)NC1Cc2cccc(N3CCCC3=O)c2N(Cc2ccsc2)C1=O.CCO. The number of aromatic nitrogens is 2. The van der Waals surface area contributed by atoms with Crippen LogP contribution in [-0.2, 0) is 95.0 Å². The smallest absolute Gasteiger partial charge is 0.408 e. The lowest BCUT2D eigenvalue weighted by Gasteiger charge is -2.37. The minimum atomic E-state index is -1.50. The van der Waals surface area contributed by atoms with Gasteiger partial charge in [-0.05, 0) is 160 Å². The normalized spacial score (nSPS) is 16.6. The summed E-state index contributed by atoms with van der Waals surface area (Å²) in [7, 11) is 0. The summed E-state index contributed by atoms with van der Waals surface area (Å²) in [5, 5.41) is 31.1. The summed E-state index contributed by atoms with van der Waals surface area (Å²) in [6, 6.07) is 25.9. The molecular formula is C77H92F2N12O11S2. The van der Waals surface area contributed by atoms with Crippen LogP contribution in [0.25, 0.3) is 21.8 Å². The summed E-state index contributed by atoms with van der Waals surface area (Å²) in [4.78, 5) is 129. The van der Waals surface area contributed by atoms with Gasteiger partial charge in [-0.1, -0.05) is 60.7 Å². The van der Waals surface area contributed by atoms with Gasteiger partial charge in [0, 0.05) is 92.4 Å². The van der Waals surface area contributed by atoms with Crippen LogP contribution in [0.4, 0.5) is 36.3 Å². The Morgan fingerprint density at radius 1 is 0.606 bits per heavy atom. The minimum Gasteiger partial charge on any atom is -0.444 e. The Labute approximate surface area is 611 Å². The Bertz CT molecular complexity index is 4450. The number of hydrogen-bond acceptors (Lipinski definition) is 14. The second-order valence-electron chi connectivity index (χ2n) is 28.4. The number of aliphatic hydroxyl groups is 1. The third-order valence-electron chi connectivity index (χ3n) is 18.4. The van der Waals surface area contributed by atoms with Crippen LogP contribution < -0.4 is 51.9 Å². The monoisotopic (exact) mass is 1460 g/mol. The number of benzene rings is 4. The van der Waals surface area contributed by atoms with Gasteiger partial charge in [-0.3, -0.25) is 38.4 Å². The van der Waals surface area contributed by atoms with E-state index in [-0.39, 0.29) is 82.1 Å². The number of para-hydroxylation sites is 4. The maximum atomic E-state index is 14.5. The van der Waals surface area contributed by atoms with E-state index in [0.717, 1.165) is 62.5 Å². The highest BCUT2D eigenvalue weighted by molar-refractivity contribution is 7.08. The number of halogens is 2. The third-order valence-corrected chi connectivity index (χ3v) is 19.8. The van der Waals surface area contributed by atoms with Gasteiger partial charge in [0.2, 0.25) is 47.3 Å². The van der Waals surface area contributed by atoms with Crippen molar-refractivity contribution in [3.05, 3.63) is 164 Å². The van der Waals surface area contributed by atoms with Crippen molar-refractivity contribution in [2.45, 2.75) is 174 Å². The molecule has 4 aliphatic rings. The van der Waals surface area contributed by atoms with Gasteiger partial charge in [0.25, 0.3) is 0 Å². The molecule has 12 rings (SSSR count). The van der Waals surface area contributed by atoms with Gasteiger partial charge in [0.1, 0.15) is 48.7 Å². The number of alkyl carbamates (subject to hydrolysis) is 1. The van der Waals surface area contributed by atoms with E-state index in [2.05, 4.69) is 26.6 Å². The molecule has 27 heteroatoms. The first-order valence-corrected chi connectivity index (χ1v) is 36.9. The van der Waals surface area contributed by atoms with Crippen molar-refractivity contribution in [2.24, 2.45) is 5.73 Å². The van der Waals surface area contributed by atoms with Gasteiger partial charge >= 0.3 is 6.09 Å². The number of aryl methyl sites for hydroxylation is 2. The maximum Gasteiger partial charge on any atom is 0.408 e. The highest BCUT2D eigenvalue weighted by Gasteiger charge is 2.43. The third kappa shape index (κ3) is 18.0. The van der Waals surface area contributed by atoms with Gasteiger partial charge in [0.15, 0.2) is 0 Å². The molecule has 0 radical (unpaired) electrons. The molecule has 8 aromatic rings. The van der Waals surface area contributed by atoms with Crippen molar-refractivity contribution in [3.63, 3.8) is 0 Å². The Morgan fingerprint density at radius 2 is 1.03 bits per heavy atom. The number of fused-ring (bicyclic) bond motifs is 4. The number of thiophene rings is 2. The molecule has 4 aliphatic heterocycles. The van der Waals surface area contributed by atoms with Crippen LogP contribution in [0.5, 0.6) is 0 Å². The first-order valence-electron chi connectivity index (χ1n) is 35.0. The number of carbonyl (C=O) groups is 9. The van der Waals surface area contributed by atoms with E-state index in [0.29, 0.717) is 54.2 Å². The Balaban J connectivity index is 0.000000217. The average molecular weight is 1460 g/mol. The van der Waals surface area contributed by atoms with E-state index >= 15 is 0 Å². The van der Waals surface area contributed by atoms with E-state index in [1.165, 1.54) is 36.5 Å². The molecule has 23 nitrogen and oxygen atoms in total. The number of nitrogens with zero attached hydrogens (tertiary/aromatic N) is 6. The number of rotatable bonds is 23. The Morgan fingerprint density at radius 3 is 1.40 bits per heavy atom. The zero-order valence-electron chi connectivity index (χ0n) is 59.9. The summed E-state index contributed by atoms with van der Waals surface area (Å²) < 4.78 is 35.9. The molecule has 0 bridgehead atoms. The zero-order valence-corrected chi connectivity index (χ0v) is 61.5. The largest absolute Gasteiger partial charge is 0.444 e. The fourth-order valence-electron chi connectivity index (χ4n) is 13.5. The molecular weight excluding hydrogens is 1370 g/mol. The molecule has 0 spiro atoms. The van der Waals surface area contributed by atoms with Crippen LogP contribution in [0.2, 0.25) is 0 Å². The number of nitrogens with one attached hydrogen (secondary N) is 5. The second kappa shape index (κ2) is 33.3. The van der Waals surface area contributed by atoms with Crippen LogP contribution >= 0.6 is 22.7 Å². The highest BCUT2D eigenvalue weighted by atomic mass is 32.1. The molecule has 0 aliphatic carbocycles. The number of carbonyl (C=O) groups excluding carboxylic acids is 9. The molecule has 8 heterocycles. The van der Waals surface area contributed by atoms with E-state index in [9.17, 15) is 51.9 Å². The molecule has 4 aromatic carbocycles. The number of alkyl halides is 2.